The Kier molecular flexibility index (Phi) is 17.5. The molecule has 0 amide bonds. The summed E-state index contributed by atoms with van der Waals surface area (Å²) in [5.74, 6) is 0. The molecule has 0 saturated carbocycles. The molecule has 0 aromatic heterocycles. The molecular formula is C38H60N2. The van der Waals surface area contributed by atoms with Crippen molar-refractivity contribution in [1.82, 2.24) is 0 Å². The summed E-state index contributed by atoms with van der Waals surface area (Å²) in [6.45, 7) is 13.6. The van der Waals surface area contributed by atoms with Gasteiger partial charge >= 0.3 is 0 Å². The van der Waals surface area contributed by atoms with Crippen LogP contribution in [0.1, 0.15) is 153 Å². The highest BCUT2D eigenvalue weighted by Crippen LogP contribution is 2.28. The minimum absolute atomic E-state index is 0.882. The van der Waals surface area contributed by atoms with Gasteiger partial charge in [-0.3, -0.25) is 9.98 Å². The van der Waals surface area contributed by atoms with Crippen molar-refractivity contribution in [2.45, 2.75) is 157 Å². The molecule has 2 nitrogen and oxygen atoms in total. The molecule has 0 spiro atoms. The van der Waals surface area contributed by atoms with Crippen LogP contribution in [0.15, 0.2) is 40.3 Å². The molecule has 0 bridgehead atoms. The van der Waals surface area contributed by atoms with Crippen LogP contribution in [0.2, 0.25) is 0 Å². The van der Waals surface area contributed by atoms with Gasteiger partial charge in [-0.25, -0.2) is 0 Å². The first-order valence-corrected chi connectivity index (χ1v) is 17.0. The van der Waals surface area contributed by atoms with E-state index in [0.717, 1.165) is 49.2 Å². The summed E-state index contributed by atoms with van der Waals surface area (Å²) >= 11 is 0. The Morgan fingerprint density at radius 3 is 1.70 bits per heavy atom. The predicted octanol–water partition coefficient (Wildman–Crippen LogP) is 12.1. The lowest BCUT2D eigenvalue weighted by Gasteiger charge is -2.16. The van der Waals surface area contributed by atoms with E-state index in [9.17, 15) is 0 Å². The Bertz CT molecular complexity index is 1030. The molecular weight excluding hydrogens is 484 g/mol. The van der Waals surface area contributed by atoms with Gasteiger partial charge in [0.25, 0.3) is 0 Å². The van der Waals surface area contributed by atoms with Crippen LogP contribution >= 0.6 is 0 Å². The van der Waals surface area contributed by atoms with E-state index < -0.39 is 0 Å². The molecule has 2 aromatic carbocycles. The Hall–Kier alpha value is -2.22. The van der Waals surface area contributed by atoms with E-state index in [0.29, 0.717) is 0 Å². The van der Waals surface area contributed by atoms with Gasteiger partial charge in [-0.15, -0.1) is 0 Å². The third kappa shape index (κ3) is 12.1. The molecule has 0 radical (unpaired) electrons. The van der Waals surface area contributed by atoms with E-state index >= 15 is 0 Å². The first-order valence-electron chi connectivity index (χ1n) is 17.0. The van der Waals surface area contributed by atoms with Crippen LogP contribution in [0.4, 0.5) is 11.4 Å². The van der Waals surface area contributed by atoms with E-state index in [2.05, 4.69) is 71.9 Å². The van der Waals surface area contributed by atoms with Gasteiger partial charge in [0.05, 0.1) is 17.1 Å². The van der Waals surface area contributed by atoms with E-state index in [1.165, 1.54) is 106 Å². The Morgan fingerprint density at radius 1 is 0.550 bits per heavy atom. The van der Waals surface area contributed by atoms with Gasteiger partial charge in [0.1, 0.15) is 0 Å². The SMILES string of the molecule is CCCCCCCCc1cc(N=C(C=Nc2ccc(CC)c(CCCCCC)c2)CC)cc(CCCC)c1CC. The van der Waals surface area contributed by atoms with Crippen LogP contribution in [0.3, 0.4) is 0 Å². The molecule has 0 aliphatic heterocycles. The average Bonchev–Trinajstić information content (AvgIpc) is 2.98. The minimum Gasteiger partial charge on any atom is -0.255 e. The maximum absolute atomic E-state index is 5.16. The van der Waals surface area contributed by atoms with Crippen molar-refractivity contribution in [1.29, 1.82) is 0 Å². The topological polar surface area (TPSA) is 24.7 Å². The quantitative estimate of drug-likeness (QED) is 0.110. The van der Waals surface area contributed by atoms with Gasteiger partial charge < -0.3 is 0 Å². The zero-order valence-electron chi connectivity index (χ0n) is 27.1. The fraction of sp³-hybridized carbons (Fsp3) is 0.632. The van der Waals surface area contributed by atoms with Gasteiger partial charge in [-0.05, 0) is 110 Å². The summed E-state index contributed by atoms with van der Waals surface area (Å²) in [7, 11) is 0. The van der Waals surface area contributed by atoms with Crippen molar-refractivity contribution >= 4 is 23.3 Å². The number of aryl methyl sites for hydroxylation is 4. The molecule has 0 fully saturated rings. The smallest absolute Gasteiger partial charge is 0.0639 e. The molecule has 0 aliphatic rings. The van der Waals surface area contributed by atoms with Crippen molar-refractivity contribution in [3.63, 3.8) is 0 Å². The molecule has 222 valence electrons. The summed E-state index contributed by atoms with van der Waals surface area (Å²) in [4.78, 5) is 10.1. The van der Waals surface area contributed by atoms with Crippen molar-refractivity contribution < 1.29 is 0 Å². The summed E-state index contributed by atoms with van der Waals surface area (Å²) < 4.78 is 0. The van der Waals surface area contributed by atoms with Crippen LogP contribution in [0, 0.1) is 0 Å². The van der Waals surface area contributed by atoms with Crippen molar-refractivity contribution in [2.24, 2.45) is 9.98 Å². The zero-order valence-corrected chi connectivity index (χ0v) is 27.1. The first-order chi connectivity index (χ1) is 19.6. The molecule has 2 aromatic rings. The number of benzene rings is 2. The highest BCUT2D eigenvalue weighted by Gasteiger charge is 2.10. The number of hydrogen-bond donors (Lipinski definition) is 0. The van der Waals surface area contributed by atoms with E-state index in [-0.39, 0.29) is 0 Å². The minimum atomic E-state index is 0.882. The lowest BCUT2D eigenvalue weighted by Crippen LogP contribution is -2.02. The number of nitrogens with zero attached hydrogens (tertiary/aromatic N) is 2. The molecule has 2 heteroatoms. The second-order valence-corrected chi connectivity index (χ2v) is 11.5. The van der Waals surface area contributed by atoms with Gasteiger partial charge in [-0.1, -0.05) is 105 Å². The molecule has 0 atom stereocenters. The number of rotatable bonds is 21. The Balaban J connectivity index is 2.27. The van der Waals surface area contributed by atoms with Gasteiger partial charge in [-0.2, -0.15) is 0 Å². The van der Waals surface area contributed by atoms with Crippen LogP contribution in [0.5, 0.6) is 0 Å². The molecule has 0 unspecified atom stereocenters. The van der Waals surface area contributed by atoms with Crippen LogP contribution in [-0.4, -0.2) is 11.9 Å². The lowest BCUT2D eigenvalue weighted by molar-refractivity contribution is 0.606. The standard InChI is InChI=1S/C38H60N2/c1-7-13-16-18-19-21-24-34-29-37(28-33(22-15-9-3)38(34)12-6)40-35(11-5)30-39-36-26-25-31(10-4)32(27-36)23-20-17-14-8-2/h25-30H,7-24H2,1-6H3. The zero-order chi connectivity index (χ0) is 29.0. The van der Waals surface area contributed by atoms with Crippen molar-refractivity contribution in [3.05, 3.63) is 58.1 Å². The summed E-state index contributed by atoms with van der Waals surface area (Å²) in [6.07, 6.45) is 24.3. The van der Waals surface area contributed by atoms with E-state index in [1.807, 2.05) is 6.21 Å². The fourth-order valence-corrected chi connectivity index (χ4v) is 5.73. The van der Waals surface area contributed by atoms with Crippen LogP contribution < -0.4 is 0 Å². The van der Waals surface area contributed by atoms with Gasteiger partial charge in [0.15, 0.2) is 0 Å². The molecule has 2 rings (SSSR count). The third-order valence-corrected chi connectivity index (χ3v) is 8.24. The molecule has 0 saturated heterocycles. The molecule has 40 heavy (non-hydrogen) atoms. The number of hydrogen-bond acceptors (Lipinski definition) is 2. The summed E-state index contributed by atoms with van der Waals surface area (Å²) in [5.41, 5.74) is 10.8. The molecule has 0 N–H and O–H groups in total. The number of unbranched alkanes of at least 4 members (excludes halogenated alkanes) is 9. The normalized spacial score (nSPS) is 12.1. The second-order valence-electron chi connectivity index (χ2n) is 11.5. The maximum Gasteiger partial charge on any atom is 0.0639 e. The van der Waals surface area contributed by atoms with E-state index in [1.54, 1.807) is 5.56 Å². The summed E-state index contributed by atoms with van der Waals surface area (Å²) in [5, 5.41) is 0. The predicted molar refractivity (Wildman–Crippen MR) is 181 cm³/mol. The number of aliphatic imine (C=N–C) groups is 2. The Labute approximate surface area is 248 Å². The van der Waals surface area contributed by atoms with Crippen LogP contribution in [0.25, 0.3) is 0 Å². The van der Waals surface area contributed by atoms with Crippen molar-refractivity contribution in [3.8, 4) is 0 Å². The largest absolute Gasteiger partial charge is 0.255 e. The maximum atomic E-state index is 5.16. The monoisotopic (exact) mass is 544 g/mol. The Morgan fingerprint density at radius 2 is 1.10 bits per heavy atom. The van der Waals surface area contributed by atoms with Gasteiger partial charge in [0, 0.05) is 6.21 Å². The second kappa shape index (κ2) is 20.6. The van der Waals surface area contributed by atoms with E-state index in [4.69, 9.17) is 9.98 Å². The molecule has 0 heterocycles. The van der Waals surface area contributed by atoms with Crippen LogP contribution in [-0.2, 0) is 32.1 Å². The van der Waals surface area contributed by atoms with Crippen molar-refractivity contribution in [2.75, 3.05) is 0 Å². The highest BCUT2D eigenvalue weighted by molar-refractivity contribution is 6.31. The fourth-order valence-electron chi connectivity index (χ4n) is 5.73. The molecule has 0 aliphatic carbocycles. The lowest BCUT2D eigenvalue weighted by atomic mass is 9.91. The van der Waals surface area contributed by atoms with Gasteiger partial charge in [0.2, 0.25) is 0 Å². The summed E-state index contributed by atoms with van der Waals surface area (Å²) in [6, 6.07) is 11.5. The first kappa shape index (κ1) is 34.0. The highest BCUT2D eigenvalue weighted by atomic mass is 14.8. The average molecular weight is 545 g/mol. The third-order valence-electron chi connectivity index (χ3n) is 8.24.